The molecule has 1 N–H and O–H groups in total. The predicted molar refractivity (Wildman–Crippen MR) is 70.9 cm³/mol. The largest absolute Gasteiger partial charge is 0.401 e. The standard InChI is InChI=1S/C14H21F3N2/c1-3-19(10-13-7-5-4-6-8-13)12(2)9-18-11-14(15,16)17/h4-8,12,18H,3,9-11H2,1-2H3. The Morgan fingerprint density at radius 1 is 1.21 bits per heavy atom. The molecule has 0 fully saturated rings. The van der Waals surface area contributed by atoms with E-state index in [1.165, 1.54) is 5.56 Å². The number of rotatable bonds is 7. The summed E-state index contributed by atoms with van der Waals surface area (Å²) < 4.78 is 36.2. The van der Waals surface area contributed by atoms with Crippen LogP contribution in [0.5, 0.6) is 0 Å². The Balaban J connectivity index is 2.41. The summed E-state index contributed by atoms with van der Waals surface area (Å²) in [6, 6.07) is 10.0. The van der Waals surface area contributed by atoms with Crippen molar-refractivity contribution >= 4 is 0 Å². The van der Waals surface area contributed by atoms with Gasteiger partial charge in [-0.25, -0.2) is 0 Å². The Kier molecular flexibility index (Phi) is 6.31. The monoisotopic (exact) mass is 274 g/mol. The molecule has 0 radical (unpaired) electrons. The van der Waals surface area contributed by atoms with Gasteiger partial charge in [-0.2, -0.15) is 13.2 Å². The average Bonchev–Trinajstić information content (AvgIpc) is 2.35. The van der Waals surface area contributed by atoms with E-state index in [-0.39, 0.29) is 6.04 Å². The first-order chi connectivity index (χ1) is 8.92. The van der Waals surface area contributed by atoms with Gasteiger partial charge in [0.05, 0.1) is 6.54 Å². The maximum absolute atomic E-state index is 12.1. The zero-order valence-electron chi connectivity index (χ0n) is 11.4. The number of likely N-dealkylation sites (N-methyl/N-ethyl adjacent to an activating group) is 1. The topological polar surface area (TPSA) is 15.3 Å². The maximum Gasteiger partial charge on any atom is 0.401 e. The fourth-order valence-electron chi connectivity index (χ4n) is 1.95. The van der Waals surface area contributed by atoms with E-state index in [1.807, 2.05) is 44.2 Å². The molecule has 0 spiro atoms. The van der Waals surface area contributed by atoms with Crippen molar-refractivity contribution in [2.24, 2.45) is 0 Å². The number of nitrogens with zero attached hydrogens (tertiary/aromatic N) is 1. The Hall–Kier alpha value is -1.07. The lowest BCUT2D eigenvalue weighted by Crippen LogP contribution is -2.42. The zero-order chi connectivity index (χ0) is 14.3. The molecule has 1 rings (SSSR count). The minimum atomic E-state index is -4.14. The lowest BCUT2D eigenvalue weighted by atomic mass is 10.2. The van der Waals surface area contributed by atoms with Gasteiger partial charge in [0.25, 0.3) is 0 Å². The average molecular weight is 274 g/mol. The van der Waals surface area contributed by atoms with Crippen LogP contribution in [0.3, 0.4) is 0 Å². The highest BCUT2D eigenvalue weighted by molar-refractivity contribution is 5.14. The third-order valence-corrected chi connectivity index (χ3v) is 3.02. The predicted octanol–water partition coefficient (Wildman–Crippen LogP) is 3.05. The molecule has 0 aliphatic carbocycles. The van der Waals surface area contributed by atoms with Gasteiger partial charge >= 0.3 is 6.18 Å². The summed E-state index contributed by atoms with van der Waals surface area (Å²) in [4.78, 5) is 2.15. The Morgan fingerprint density at radius 2 is 1.84 bits per heavy atom. The van der Waals surface area contributed by atoms with E-state index >= 15 is 0 Å². The van der Waals surface area contributed by atoms with Crippen molar-refractivity contribution < 1.29 is 13.2 Å². The highest BCUT2D eigenvalue weighted by Gasteiger charge is 2.26. The second-order valence-corrected chi connectivity index (χ2v) is 4.64. The summed E-state index contributed by atoms with van der Waals surface area (Å²) >= 11 is 0. The zero-order valence-corrected chi connectivity index (χ0v) is 11.4. The lowest BCUT2D eigenvalue weighted by Gasteiger charge is -2.28. The van der Waals surface area contributed by atoms with Crippen molar-refractivity contribution in [3.05, 3.63) is 35.9 Å². The van der Waals surface area contributed by atoms with E-state index in [9.17, 15) is 13.2 Å². The number of halogens is 3. The molecule has 108 valence electrons. The van der Waals surface area contributed by atoms with Crippen LogP contribution in [0.2, 0.25) is 0 Å². The summed E-state index contributed by atoms with van der Waals surface area (Å²) in [6.45, 7) is 4.93. The van der Waals surface area contributed by atoms with E-state index in [0.717, 1.165) is 13.1 Å². The van der Waals surface area contributed by atoms with E-state index in [4.69, 9.17) is 0 Å². The molecule has 1 atom stereocenters. The molecule has 5 heteroatoms. The Labute approximate surface area is 112 Å². The maximum atomic E-state index is 12.1. The van der Waals surface area contributed by atoms with Crippen LogP contribution in [-0.2, 0) is 6.54 Å². The molecule has 0 aromatic heterocycles. The van der Waals surface area contributed by atoms with Gasteiger partial charge in [-0.3, -0.25) is 4.90 Å². The van der Waals surface area contributed by atoms with Crippen LogP contribution < -0.4 is 5.32 Å². The van der Waals surface area contributed by atoms with Gasteiger partial charge in [-0.05, 0) is 19.0 Å². The van der Waals surface area contributed by atoms with Crippen LogP contribution in [0.25, 0.3) is 0 Å². The third-order valence-electron chi connectivity index (χ3n) is 3.02. The molecule has 2 nitrogen and oxygen atoms in total. The van der Waals surface area contributed by atoms with Crippen LogP contribution in [0.4, 0.5) is 13.2 Å². The van der Waals surface area contributed by atoms with Crippen molar-refractivity contribution in [2.75, 3.05) is 19.6 Å². The van der Waals surface area contributed by atoms with Crippen molar-refractivity contribution in [1.29, 1.82) is 0 Å². The van der Waals surface area contributed by atoms with Crippen molar-refractivity contribution in [2.45, 2.75) is 32.6 Å². The molecule has 0 amide bonds. The number of benzene rings is 1. The summed E-state index contributed by atoms with van der Waals surface area (Å²) in [7, 11) is 0. The molecule has 0 bridgehead atoms. The molecule has 19 heavy (non-hydrogen) atoms. The van der Waals surface area contributed by atoms with E-state index in [1.54, 1.807) is 0 Å². The molecular weight excluding hydrogens is 253 g/mol. The van der Waals surface area contributed by atoms with Crippen LogP contribution in [-0.4, -0.2) is 36.8 Å². The fourth-order valence-corrected chi connectivity index (χ4v) is 1.95. The summed E-state index contributed by atoms with van der Waals surface area (Å²) in [5.41, 5.74) is 1.17. The van der Waals surface area contributed by atoms with Gasteiger partial charge in [0.2, 0.25) is 0 Å². The summed E-state index contributed by atoms with van der Waals surface area (Å²) in [5, 5.41) is 2.46. The van der Waals surface area contributed by atoms with Gasteiger partial charge in [0.1, 0.15) is 0 Å². The second kappa shape index (κ2) is 7.50. The first kappa shape index (κ1) is 16.0. The normalized spacial score (nSPS) is 13.8. The molecule has 0 saturated carbocycles. The number of hydrogen-bond acceptors (Lipinski definition) is 2. The smallest absolute Gasteiger partial charge is 0.307 e. The minimum Gasteiger partial charge on any atom is -0.307 e. The number of hydrogen-bond donors (Lipinski definition) is 1. The fraction of sp³-hybridized carbons (Fsp3) is 0.571. The molecule has 1 aromatic carbocycles. The summed E-state index contributed by atoms with van der Waals surface area (Å²) in [5.74, 6) is 0. The highest BCUT2D eigenvalue weighted by Crippen LogP contribution is 2.12. The highest BCUT2D eigenvalue weighted by atomic mass is 19.4. The lowest BCUT2D eigenvalue weighted by molar-refractivity contribution is -0.125. The van der Waals surface area contributed by atoms with Gasteiger partial charge in [0.15, 0.2) is 0 Å². The van der Waals surface area contributed by atoms with Crippen molar-refractivity contribution in [3.8, 4) is 0 Å². The third kappa shape index (κ3) is 6.59. The quantitative estimate of drug-likeness (QED) is 0.822. The SMILES string of the molecule is CCN(Cc1ccccc1)C(C)CNCC(F)(F)F. The minimum absolute atomic E-state index is 0.0626. The van der Waals surface area contributed by atoms with Gasteiger partial charge < -0.3 is 5.32 Å². The van der Waals surface area contributed by atoms with Crippen molar-refractivity contribution in [3.63, 3.8) is 0 Å². The molecule has 1 unspecified atom stereocenters. The molecule has 0 aliphatic heterocycles. The van der Waals surface area contributed by atoms with E-state index in [0.29, 0.717) is 6.54 Å². The van der Waals surface area contributed by atoms with Crippen molar-refractivity contribution in [1.82, 2.24) is 10.2 Å². The van der Waals surface area contributed by atoms with Crippen LogP contribution in [0.1, 0.15) is 19.4 Å². The van der Waals surface area contributed by atoms with Crippen LogP contribution in [0.15, 0.2) is 30.3 Å². The Bertz CT molecular complexity index is 351. The van der Waals surface area contributed by atoms with Gasteiger partial charge in [-0.1, -0.05) is 37.3 Å². The summed E-state index contributed by atoms with van der Waals surface area (Å²) in [6.07, 6.45) is -4.14. The number of nitrogens with one attached hydrogen (secondary N) is 1. The molecule has 0 saturated heterocycles. The van der Waals surface area contributed by atoms with Gasteiger partial charge in [-0.15, -0.1) is 0 Å². The molecular formula is C14H21F3N2. The van der Waals surface area contributed by atoms with Crippen LogP contribution in [0, 0.1) is 0 Å². The molecule has 0 heterocycles. The van der Waals surface area contributed by atoms with Gasteiger partial charge in [0, 0.05) is 19.1 Å². The molecule has 0 aliphatic rings. The Morgan fingerprint density at radius 3 is 2.37 bits per heavy atom. The molecule has 1 aromatic rings. The second-order valence-electron chi connectivity index (χ2n) is 4.64. The van der Waals surface area contributed by atoms with E-state index < -0.39 is 12.7 Å². The number of alkyl halides is 3. The van der Waals surface area contributed by atoms with Crippen LogP contribution >= 0.6 is 0 Å². The first-order valence-electron chi connectivity index (χ1n) is 6.48. The van der Waals surface area contributed by atoms with E-state index in [2.05, 4.69) is 10.2 Å². The first-order valence-corrected chi connectivity index (χ1v) is 6.48.